The smallest absolute Gasteiger partial charge is 0.181 e. The maximum atomic E-state index is 12.6. The minimum absolute atomic E-state index is 0.137. The van der Waals surface area contributed by atoms with Crippen LogP contribution in [0.3, 0.4) is 0 Å². The lowest BCUT2D eigenvalue weighted by molar-refractivity contribution is 0.0626. The van der Waals surface area contributed by atoms with Crippen LogP contribution in [0.4, 0.5) is 0 Å². The van der Waals surface area contributed by atoms with Crippen molar-refractivity contribution < 1.29 is 13.2 Å². The minimum atomic E-state index is -3.19. The highest BCUT2D eigenvalue weighted by Gasteiger charge is 2.37. The van der Waals surface area contributed by atoms with Gasteiger partial charge < -0.3 is 9.72 Å². The Morgan fingerprint density at radius 3 is 2.58 bits per heavy atom. The van der Waals surface area contributed by atoms with E-state index in [1.807, 2.05) is 18.2 Å². The van der Waals surface area contributed by atoms with Crippen LogP contribution in [0.15, 0.2) is 47.5 Å². The largest absolute Gasteiger partial charge is 0.381 e. The summed E-state index contributed by atoms with van der Waals surface area (Å²) in [5.74, 6) is 0.700. The third-order valence-corrected chi connectivity index (χ3v) is 9.91. The number of thiazole rings is 1. The molecule has 3 heterocycles. The van der Waals surface area contributed by atoms with E-state index in [0.29, 0.717) is 17.2 Å². The van der Waals surface area contributed by atoms with Crippen LogP contribution >= 0.6 is 11.3 Å². The van der Waals surface area contributed by atoms with E-state index in [0.717, 1.165) is 72.2 Å². The molecule has 1 aliphatic carbocycles. The van der Waals surface area contributed by atoms with Gasteiger partial charge in [-0.05, 0) is 67.9 Å². The maximum Gasteiger partial charge on any atom is 0.181 e. The number of benzene rings is 1. The SMILES string of the molecule is N#CCc1cnc(-c2ccc(C(CC3CCOCC3)c3ccc(S(=O)(=O)C4CC4)cc3)[nH]2)s1. The van der Waals surface area contributed by atoms with Crippen molar-refractivity contribution in [3.63, 3.8) is 0 Å². The number of nitriles is 1. The molecule has 2 aliphatic rings. The summed E-state index contributed by atoms with van der Waals surface area (Å²) in [7, 11) is -3.19. The van der Waals surface area contributed by atoms with Crippen molar-refractivity contribution in [3.05, 3.63) is 58.7 Å². The summed E-state index contributed by atoms with van der Waals surface area (Å²) < 4.78 is 30.8. The van der Waals surface area contributed by atoms with Crippen molar-refractivity contribution in [3.8, 4) is 16.8 Å². The summed E-state index contributed by atoms with van der Waals surface area (Å²) in [5, 5.41) is 9.62. The number of hydrogen-bond acceptors (Lipinski definition) is 6. The number of nitrogens with one attached hydrogen (secondary N) is 1. The fourth-order valence-corrected chi connectivity index (χ4v) is 7.03. The highest BCUT2D eigenvalue weighted by Crippen LogP contribution is 2.38. The summed E-state index contributed by atoms with van der Waals surface area (Å²) in [6.45, 7) is 1.60. The fourth-order valence-electron chi connectivity index (χ4n) is 4.55. The number of aromatic amines is 1. The molecule has 1 atom stereocenters. The molecule has 0 spiro atoms. The minimum Gasteiger partial charge on any atom is -0.381 e. The zero-order valence-electron chi connectivity index (χ0n) is 18.4. The second kappa shape index (κ2) is 9.41. The van der Waals surface area contributed by atoms with Crippen LogP contribution in [0.2, 0.25) is 0 Å². The highest BCUT2D eigenvalue weighted by molar-refractivity contribution is 7.92. The van der Waals surface area contributed by atoms with Gasteiger partial charge in [0.2, 0.25) is 0 Å². The molecule has 3 aromatic rings. The Balaban J connectivity index is 1.43. The molecule has 1 saturated heterocycles. The van der Waals surface area contributed by atoms with Gasteiger partial charge in [-0.2, -0.15) is 5.26 Å². The van der Waals surface area contributed by atoms with Gasteiger partial charge in [-0.1, -0.05) is 12.1 Å². The van der Waals surface area contributed by atoms with E-state index in [1.54, 1.807) is 18.3 Å². The number of sulfone groups is 1. The second-order valence-corrected chi connectivity index (χ2v) is 12.3. The Labute approximate surface area is 198 Å². The van der Waals surface area contributed by atoms with Crippen LogP contribution in [0.5, 0.6) is 0 Å². The summed E-state index contributed by atoms with van der Waals surface area (Å²) in [6, 6.07) is 13.8. The molecule has 1 N–H and O–H groups in total. The Hall–Kier alpha value is -2.47. The molecule has 1 aliphatic heterocycles. The number of rotatable bonds is 8. The first-order valence-electron chi connectivity index (χ1n) is 11.5. The first-order valence-corrected chi connectivity index (χ1v) is 13.8. The van der Waals surface area contributed by atoms with Gasteiger partial charge in [-0.3, -0.25) is 0 Å². The van der Waals surface area contributed by atoms with E-state index in [2.05, 4.69) is 22.1 Å². The molecule has 1 saturated carbocycles. The second-order valence-electron chi connectivity index (χ2n) is 8.95. The van der Waals surface area contributed by atoms with Crippen LogP contribution in [0.25, 0.3) is 10.7 Å². The lowest BCUT2D eigenvalue weighted by atomic mass is 9.83. The zero-order valence-corrected chi connectivity index (χ0v) is 20.0. The quantitative estimate of drug-likeness (QED) is 0.483. The predicted molar refractivity (Wildman–Crippen MR) is 128 cm³/mol. The molecule has 0 amide bonds. The van der Waals surface area contributed by atoms with E-state index >= 15 is 0 Å². The van der Waals surface area contributed by atoms with Crippen LogP contribution in [0.1, 0.15) is 54.2 Å². The molecule has 0 radical (unpaired) electrons. The topological polar surface area (TPSA) is 95.8 Å². The van der Waals surface area contributed by atoms with E-state index in [-0.39, 0.29) is 11.2 Å². The molecule has 33 heavy (non-hydrogen) atoms. The number of aromatic nitrogens is 2. The monoisotopic (exact) mass is 481 g/mol. The Morgan fingerprint density at radius 2 is 1.88 bits per heavy atom. The van der Waals surface area contributed by atoms with Crippen molar-refractivity contribution in [2.75, 3.05) is 13.2 Å². The average Bonchev–Trinajstić information content (AvgIpc) is 3.42. The Morgan fingerprint density at radius 1 is 1.12 bits per heavy atom. The van der Waals surface area contributed by atoms with E-state index in [1.165, 1.54) is 11.3 Å². The zero-order chi connectivity index (χ0) is 22.8. The van der Waals surface area contributed by atoms with Gasteiger partial charge in [-0.25, -0.2) is 13.4 Å². The van der Waals surface area contributed by atoms with E-state index in [9.17, 15) is 8.42 Å². The molecule has 8 heteroatoms. The van der Waals surface area contributed by atoms with Gasteiger partial charge in [0.05, 0.1) is 28.3 Å². The number of nitrogens with zero attached hydrogens (tertiary/aromatic N) is 2. The Kier molecular flexibility index (Phi) is 6.37. The van der Waals surface area contributed by atoms with Crippen molar-refractivity contribution in [1.29, 1.82) is 5.26 Å². The van der Waals surface area contributed by atoms with Crippen LogP contribution in [-0.2, 0) is 21.0 Å². The maximum absolute atomic E-state index is 12.6. The van der Waals surface area contributed by atoms with Gasteiger partial charge in [0.1, 0.15) is 5.01 Å². The summed E-state index contributed by atoms with van der Waals surface area (Å²) in [5.41, 5.74) is 3.17. The molecular weight excluding hydrogens is 454 g/mol. The first kappa shape index (κ1) is 22.3. The number of H-pyrrole nitrogens is 1. The standard InChI is InChI=1S/C25H27N3O3S2/c26-12-9-19-16-27-25(32-19)24-8-7-23(28-24)22(15-17-10-13-31-14-11-17)18-1-3-20(4-2-18)33(29,30)21-5-6-21/h1-4,7-8,16-17,21-22,28H,5-6,9-11,13-15H2. The van der Waals surface area contributed by atoms with Gasteiger partial charge in [0, 0.05) is 35.9 Å². The van der Waals surface area contributed by atoms with Crippen LogP contribution < -0.4 is 0 Å². The molecule has 6 nitrogen and oxygen atoms in total. The molecule has 2 aromatic heterocycles. The average molecular weight is 482 g/mol. The highest BCUT2D eigenvalue weighted by atomic mass is 32.2. The molecule has 0 bridgehead atoms. The fraction of sp³-hybridized carbons (Fsp3) is 0.440. The molecule has 1 aromatic carbocycles. The van der Waals surface area contributed by atoms with Gasteiger partial charge >= 0.3 is 0 Å². The van der Waals surface area contributed by atoms with Crippen molar-refractivity contribution in [2.45, 2.75) is 54.6 Å². The normalized spacial score (nSPS) is 18.2. The third kappa shape index (κ3) is 4.91. The predicted octanol–water partition coefficient (Wildman–Crippen LogP) is 5.09. The first-order chi connectivity index (χ1) is 16.0. The summed E-state index contributed by atoms with van der Waals surface area (Å²) in [4.78, 5) is 9.42. The summed E-state index contributed by atoms with van der Waals surface area (Å²) in [6.07, 6.45) is 6.75. The summed E-state index contributed by atoms with van der Waals surface area (Å²) >= 11 is 1.53. The molecule has 1 unspecified atom stereocenters. The lowest BCUT2D eigenvalue weighted by Crippen LogP contribution is -2.19. The van der Waals surface area contributed by atoms with Gasteiger partial charge in [-0.15, -0.1) is 11.3 Å². The molecule has 172 valence electrons. The van der Waals surface area contributed by atoms with Crippen molar-refractivity contribution in [2.24, 2.45) is 5.92 Å². The Bertz CT molecular complexity index is 1240. The molecule has 5 rings (SSSR count). The van der Waals surface area contributed by atoms with Gasteiger partial charge in [0.25, 0.3) is 0 Å². The molecular formula is C25H27N3O3S2. The number of ether oxygens (including phenoxy) is 1. The van der Waals surface area contributed by atoms with Crippen LogP contribution in [-0.4, -0.2) is 36.8 Å². The van der Waals surface area contributed by atoms with E-state index in [4.69, 9.17) is 10.00 Å². The lowest BCUT2D eigenvalue weighted by Gasteiger charge is -2.27. The van der Waals surface area contributed by atoms with E-state index < -0.39 is 9.84 Å². The van der Waals surface area contributed by atoms with Crippen LogP contribution in [0, 0.1) is 17.2 Å². The number of hydrogen-bond donors (Lipinski definition) is 1. The van der Waals surface area contributed by atoms with Crippen molar-refractivity contribution in [1.82, 2.24) is 9.97 Å². The van der Waals surface area contributed by atoms with Crippen molar-refractivity contribution >= 4 is 21.2 Å². The molecule has 2 fully saturated rings. The van der Waals surface area contributed by atoms with Gasteiger partial charge in [0.15, 0.2) is 9.84 Å². The third-order valence-electron chi connectivity index (χ3n) is 6.61.